The number of anilines is 2. The number of Topliss-reactive ketones (excluding diaryl/α,β-unsaturated/α-hetero) is 1. The van der Waals surface area contributed by atoms with Gasteiger partial charge in [-0.3, -0.25) is 9.59 Å². The van der Waals surface area contributed by atoms with Gasteiger partial charge in [-0.15, -0.1) is 0 Å². The highest BCUT2D eigenvalue weighted by molar-refractivity contribution is 6.08. The lowest BCUT2D eigenvalue weighted by atomic mass is 9.73. The van der Waals surface area contributed by atoms with Crippen molar-refractivity contribution in [3.63, 3.8) is 0 Å². The number of carbonyl (C=O) groups is 2. The van der Waals surface area contributed by atoms with E-state index in [1.807, 2.05) is 30.3 Å². The van der Waals surface area contributed by atoms with E-state index in [0.29, 0.717) is 35.5 Å². The Labute approximate surface area is 185 Å². The van der Waals surface area contributed by atoms with E-state index in [0.717, 1.165) is 11.3 Å². The Kier molecular flexibility index (Phi) is 4.62. The Bertz CT molecular complexity index is 1240. The third-order valence-electron chi connectivity index (χ3n) is 5.99. The average molecular weight is 428 g/mol. The first-order valence-corrected chi connectivity index (χ1v) is 10.6. The maximum absolute atomic E-state index is 13.2. The molecule has 0 saturated heterocycles. The number of allylic oxidation sites excluding steroid dienone is 2. The van der Waals surface area contributed by atoms with Crippen molar-refractivity contribution in [3.8, 4) is 5.75 Å². The molecule has 2 aromatic carbocycles. The Morgan fingerprint density at radius 1 is 1.12 bits per heavy atom. The molecular weight excluding hydrogens is 404 g/mol. The minimum Gasteiger partial charge on any atom is -0.508 e. The number of phenols is 1. The molecule has 162 valence electrons. The molecule has 2 aliphatic rings. The highest BCUT2D eigenvalue weighted by Gasteiger charge is 2.42. The van der Waals surface area contributed by atoms with Gasteiger partial charge in [0.15, 0.2) is 5.78 Å². The fraction of sp³-hybridized carbons (Fsp3) is 0.240. The van der Waals surface area contributed by atoms with Crippen LogP contribution in [0.25, 0.3) is 0 Å². The molecule has 0 spiro atoms. The van der Waals surface area contributed by atoms with E-state index in [1.165, 1.54) is 6.20 Å². The fourth-order valence-corrected chi connectivity index (χ4v) is 4.56. The fourth-order valence-electron chi connectivity index (χ4n) is 4.56. The van der Waals surface area contributed by atoms with Crippen LogP contribution in [0.3, 0.4) is 0 Å². The molecule has 1 aliphatic heterocycles. The average Bonchev–Trinajstić information content (AvgIpc) is 3.16. The number of rotatable bonds is 3. The first-order valence-electron chi connectivity index (χ1n) is 10.6. The van der Waals surface area contributed by atoms with Crippen LogP contribution in [0, 0.1) is 5.41 Å². The molecule has 3 aromatic rings. The first kappa shape index (κ1) is 20.1. The Balaban J connectivity index is 1.60. The zero-order valence-corrected chi connectivity index (χ0v) is 17.9. The van der Waals surface area contributed by atoms with Gasteiger partial charge in [0.05, 0.1) is 6.20 Å². The number of amides is 1. The van der Waals surface area contributed by atoms with Crippen LogP contribution in [-0.2, 0) is 4.79 Å². The van der Waals surface area contributed by atoms with E-state index in [-0.39, 0.29) is 22.9 Å². The maximum atomic E-state index is 13.2. The van der Waals surface area contributed by atoms with Crippen LogP contribution in [0.2, 0.25) is 0 Å². The summed E-state index contributed by atoms with van der Waals surface area (Å²) in [6, 6.07) is 15.6. The number of hydrogen-bond acceptors (Lipinski definition) is 5. The van der Waals surface area contributed by atoms with Gasteiger partial charge in [0.25, 0.3) is 5.91 Å². The molecule has 1 aromatic heterocycles. The van der Waals surface area contributed by atoms with Crippen LogP contribution in [0.1, 0.15) is 48.7 Å². The summed E-state index contributed by atoms with van der Waals surface area (Å²) in [6.07, 6.45) is 2.66. The predicted molar refractivity (Wildman–Crippen MR) is 122 cm³/mol. The zero-order chi connectivity index (χ0) is 22.5. The molecule has 7 nitrogen and oxygen atoms in total. The van der Waals surface area contributed by atoms with E-state index in [1.54, 1.807) is 28.9 Å². The van der Waals surface area contributed by atoms with Gasteiger partial charge < -0.3 is 15.7 Å². The molecule has 5 rings (SSSR count). The number of phenolic OH excluding ortho intramolecular Hbond substituents is 1. The van der Waals surface area contributed by atoms with Gasteiger partial charge in [-0.05, 0) is 41.7 Å². The highest BCUT2D eigenvalue weighted by Crippen LogP contribution is 2.46. The monoisotopic (exact) mass is 428 g/mol. The molecule has 0 fully saturated rings. The summed E-state index contributed by atoms with van der Waals surface area (Å²) < 4.78 is 1.70. The minimum atomic E-state index is -0.469. The molecule has 2 heterocycles. The molecule has 7 heteroatoms. The number of aromatic hydroxyl groups is 1. The molecule has 3 N–H and O–H groups in total. The van der Waals surface area contributed by atoms with Gasteiger partial charge in [-0.2, -0.15) is 5.10 Å². The number of hydrogen-bond donors (Lipinski definition) is 3. The van der Waals surface area contributed by atoms with Crippen LogP contribution in [0.5, 0.6) is 5.75 Å². The van der Waals surface area contributed by atoms with E-state index in [9.17, 15) is 14.7 Å². The number of nitrogens with one attached hydrogen (secondary N) is 2. The van der Waals surface area contributed by atoms with Gasteiger partial charge in [-0.25, -0.2) is 4.68 Å². The van der Waals surface area contributed by atoms with E-state index in [4.69, 9.17) is 0 Å². The van der Waals surface area contributed by atoms with Crippen LogP contribution in [0.4, 0.5) is 11.5 Å². The number of para-hydroxylation sites is 1. The third-order valence-corrected chi connectivity index (χ3v) is 5.99. The molecule has 1 aliphatic carbocycles. The molecule has 1 unspecified atom stereocenters. The normalized spacial score (nSPS) is 19.1. The summed E-state index contributed by atoms with van der Waals surface area (Å²) in [7, 11) is 0. The summed E-state index contributed by atoms with van der Waals surface area (Å²) in [4.78, 5) is 26.3. The topological polar surface area (TPSA) is 96.3 Å². The molecule has 0 bridgehead atoms. The second-order valence-corrected chi connectivity index (χ2v) is 9.12. The molecule has 0 radical (unpaired) electrons. The van der Waals surface area contributed by atoms with E-state index < -0.39 is 6.04 Å². The van der Waals surface area contributed by atoms with Crippen molar-refractivity contribution >= 4 is 23.2 Å². The molecule has 0 saturated carbocycles. The van der Waals surface area contributed by atoms with Crippen molar-refractivity contribution in [3.05, 3.63) is 83.2 Å². The zero-order valence-electron chi connectivity index (χ0n) is 17.9. The number of carbonyl (C=O) groups excluding carboxylic acids is 2. The summed E-state index contributed by atoms with van der Waals surface area (Å²) in [6.45, 7) is 4.14. The second-order valence-electron chi connectivity index (χ2n) is 9.12. The van der Waals surface area contributed by atoms with Gasteiger partial charge in [0.2, 0.25) is 0 Å². The van der Waals surface area contributed by atoms with Crippen molar-refractivity contribution in [2.24, 2.45) is 5.41 Å². The molecule has 32 heavy (non-hydrogen) atoms. The van der Waals surface area contributed by atoms with Gasteiger partial charge in [0.1, 0.15) is 23.2 Å². The number of aromatic nitrogens is 2. The highest BCUT2D eigenvalue weighted by atomic mass is 16.3. The van der Waals surface area contributed by atoms with Crippen molar-refractivity contribution in [2.75, 3.05) is 10.6 Å². The first-order chi connectivity index (χ1) is 15.3. The van der Waals surface area contributed by atoms with Crippen molar-refractivity contribution < 1.29 is 14.7 Å². The largest absolute Gasteiger partial charge is 0.508 e. The number of benzene rings is 2. The Morgan fingerprint density at radius 3 is 2.56 bits per heavy atom. The summed E-state index contributed by atoms with van der Waals surface area (Å²) in [5.41, 5.74) is 3.23. The minimum absolute atomic E-state index is 0.0678. The van der Waals surface area contributed by atoms with E-state index in [2.05, 4.69) is 29.6 Å². The van der Waals surface area contributed by atoms with Crippen LogP contribution >= 0.6 is 0 Å². The molecule has 1 amide bonds. The summed E-state index contributed by atoms with van der Waals surface area (Å²) >= 11 is 0. The van der Waals surface area contributed by atoms with Crippen LogP contribution < -0.4 is 10.6 Å². The summed E-state index contributed by atoms with van der Waals surface area (Å²) in [5.74, 6) is 0.496. The van der Waals surface area contributed by atoms with Crippen LogP contribution in [-0.4, -0.2) is 26.6 Å². The van der Waals surface area contributed by atoms with Crippen molar-refractivity contribution in [2.45, 2.75) is 32.7 Å². The smallest absolute Gasteiger partial charge is 0.261 e. The van der Waals surface area contributed by atoms with Crippen molar-refractivity contribution in [1.82, 2.24) is 9.78 Å². The Morgan fingerprint density at radius 2 is 1.84 bits per heavy atom. The SMILES string of the molecule is CC1(C)CC(=O)C2=C(C1)Nc1c(C(=O)Nc3ccccc3)cnn1C2c1ccc(O)cc1. The number of nitrogens with zero attached hydrogens (tertiary/aromatic N) is 2. The van der Waals surface area contributed by atoms with Gasteiger partial charge in [-0.1, -0.05) is 44.2 Å². The van der Waals surface area contributed by atoms with Gasteiger partial charge in [0, 0.05) is 23.4 Å². The lowest BCUT2D eigenvalue weighted by Gasteiger charge is -2.39. The number of ketones is 1. The van der Waals surface area contributed by atoms with Gasteiger partial charge >= 0.3 is 0 Å². The molecule has 1 atom stereocenters. The third kappa shape index (κ3) is 3.45. The quantitative estimate of drug-likeness (QED) is 0.571. The number of fused-ring (bicyclic) bond motifs is 1. The lowest BCUT2D eigenvalue weighted by Crippen LogP contribution is -2.36. The van der Waals surface area contributed by atoms with Crippen LogP contribution in [0.15, 0.2) is 72.1 Å². The maximum Gasteiger partial charge on any atom is 0.261 e. The summed E-state index contributed by atoms with van der Waals surface area (Å²) in [5, 5.41) is 20.5. The van der Waals surface area contributed by atoms with Crippen molar-refractivity contribution in [1.29, 1.82) is 0 Å². The van der Waals surface area contributed by atoms with E-state index >= 15 is 0 Å². The second kappa shape index (κ2) is 7.37. The molecular formula is C25H24N4O3. The standard InChI is InChI=1S/C25H24N4O3/c1-25(2)12-19-21(20(31)13-25)22(15-8-10-17(30)11-9-15)29-23(28-19)18(14-26-29)24(32)27-16-6-4-3-5-7-16/h3-11,14,22,28,30H,12-13H2,1-2H3,(H,27,32). The predicted octanol–water partition coefficient (Wildman–Crippen LogP) is 4.50. The Hall–Kier alpha value is -3.87. The lowest BCUT2D eigenvalue weighted by molar-refractivity contribution is -0.118.